The molecule has 108 valence electrons. The molecule has 1 aliphatic carbocycles. The molecule has 0 atom stereocenters. The lowest BCUT2D eigenvalue weighted by Gasteiger charge is -2.28. The molecule has 5 heteroatoms. The average Bonchev–Trinajstić information content (AvgIpc) is 2.98. The van der Waals surface area contributed by atoms with Crippen molar-refractivity contribution in [1.82, 2.24) is 4.90 Å². The molecule has 0 heterocycles. The van der Waals surface area contributed by atoms with Gasteiger partial charge in [-0.05, 0) is 31.0 Å². The van der Waals surface area contributed by atoms with Gasteiger partial charge in [0.1, 0.15) is 5.75 Å². The standard InChI is InChI=1S/C15H20N2O2S/c1-19-13-8-4-5-11(9-13)15(18)17(10-14(16)20)12-6-2-3-7-12/h4-5,8-9,12H,2-3,6-7,10H2,1H3,(H2,16,20). The Bertz CT molecular complexity index is 498. The molecular weight excluding hydrogens is 272 g/mol. The molecular formula is C15H20N2O2S. The second-order valence-corrected chi connectivity index (χ2v) is 5.59. The van der Waals surface area contributed by atoms with E-state index < -0.39 is 0 Å². The van der Waals surface area contributed by atoms with Crippen molar-refractivity contribution in [2.45, 2.75) is 31.7 Å². The molecule has 1 aromatic carbocycles. The van der Waals surface area contributed by atoms with Crippen molar-refractivity contribution in [2.75, 3.05) is 13.7 Å². The van der Waals surface area contributed by atoms with Gasteiger partial charge in [0.25, 0.3) is 5.91 Å². The highest BCUT2D eigenvalue weighted by atomic mass is 32.1. The lowest BCUT2D eigenvalue weighted by molar-refractivity contribution is 0.0714. The highest BCUT2D eigenvalue weighted by Gasteiger charge is 2.27. The molecule has 1 aliphatic rings. The summed E-state index contributed by atoms with van der Waals surface area (Å²) in [5.74, 6) is 0.654. The van der Waals surface area contributed by atoms with E-state index in [0.717, 1.165) is 25.7 Å². The van der Waals surface area contributed by atoms with E-state index in [-0.39, 0.29) is 11.9 Å². The Kier molecular flexibility index (Phi) is 4.95. The number of hydrogen-bond donors (Lipinski definition) is 1. The molecule has 1 saturated carbocycles. The van der Waals surface area contributed by atoms with Crippen LogP contribution in [0, 0.1) is 0 Å². The number of nitrogens with two attached hydrogens (primary N) is 1. The number of carbonyl (C=O) groups is 1. The molecule has 20 heavy (non-hydrogen) atoms. The smallest absolute Gasteiger partial charge is 0.254 e. The lowest BCUT2D eigenvalue weighted by Crippen LogP contribution is -2.43. The van der Waals surface area contributed by atoms with Gasteiger partial charge in [-0.25, -0.2) is 0 Å². The zero-order chi connectivity index (χ0) is 14.5. The first-order chi connectivity index (χ1) is 9.61. The van der Waals surface area contributed by atoms with Crippen LogP contribution < -0.4 is 10.5 Å². The highest BCUT2D eigenvalue weighted by molar-refractivity contribution is 7.80. The van der Waals surface area contributed by atoms with E-state index in [1.807, 2.05) is 17.0 Å². The predicted molar refractivity (Wildman–Crippen MR) is 83.1 cm³/mol. The summed E-state index contributed by atoms with van der Waals surface area (Å²) in [4.78, 5) is 14.9. The van der Waals surface area contributed by atoms with Gasteiger partial charge in [-0.1, -0.05) is 31.1 Å². The molecule has 1 amide bonds. The zero-order valence-electron chi connectivity index (χ0n) is 11.7. The van der Waals surface area contributed by atoms with Crippen LogP contribution in [0.2, 0.25) is 0 Å². The van der Waals surface area contributed by atoms with E-state index in [1.54, 1.807) is 19.2 Å². The monoisotopic (exact) mass is 292 g/mol. The van der Waals surface area contributed by atoms with Crippen LogP contribution in [0.15, 0.2) is 24.3 Å². The van der Waals surface area contributed by atoms with Gasteiger partial charge in [0.05, 0.1) is 18.6 Å². The maximum atomic E-state index is 12.7. The fraction of sp³-hybridized carbons (Fsp3) is 0.467. The number of hydrogen-bond acceptors (Lipinski definition) is 3. The van der Waals surface area contributed by atoms with Gasteiger partial charge in [-0.3, -0.25) is 4.79 Å². The SMILES string of the molecule is COc1cccc(C(=O)N(CC(N)=S)C2CCCC2)c1. The van der Waals surface area contributed by atoms with Gasteiger partial charge in [0, 0.05) is 11.6 Å². The first kappa shape index (κ1) is 14.8. The Balaban J connectivity index is 2.22. The van der Waals surface area contributed by atoms with Crippen LogP contribution in [0.1, 0.15) is 36.0 Å². The summed E-state index contributed by atoms with van der Waals surface area (Å²) in [6.45, 7) is 0.343. The van der Waals surface area contributed by atoms with Gasteiger partial charge in [-0.2, -0.15) is 0 Å². The molecule has 1 aromatic rings. The zero-order valence-corrected chi connectivity index (χ0v) is 12.5. The molecule has 2 N–H and O–H groups in total. The van der Waals surface area contributed by atoms with Gasteiger partial charge < -0.3 is 15.4 Å². The lowest BCUT2D eigenvalue weighted by atomic mass is 10.1. The second kappa shape index (κ2) is 6.70. The predicted octanol–water partition coefficient (Wildman–Crippen LogP) is 2.37. The van der Waals surface area contributed by atoms with Gasteiger partial charge in [0.15, 0.2) is 0 Å². The molecule has 4 nitrogen and oxygen atoms in total. The Morgan fingerprint density at radius 3 is 2.75 bits per heavy atom. The van der Waals surface area contributed by atoms with E-state index in [0.29, 0.717) is 22.8 Å². The minimum Gasteiger partial charge on any atom is -0.497 e. The number of amides is 1. The normalized spacial score (nSPS) is 15.1. The molecule has 0 aromatic heterocycles. The third kappa shape index (κ3) is 3.48. The number of methoxy groups -OCH3 is 1. The Labute approximate surface area is 124 Å². The minimum absolute atomic E-state index is 0.0244. The van der Waals surface area contributed by atoms with E-state index in [9.17, 15) is 4.79 Å². The number of benzene rings is 1. The number of thiocarbonyl (C=S) groups is 1. The largest absolute Gasteiger partial charge is 0.497 e. The van der Waals surface area contributed by atoms with Crippen molar-refractivity contribution in [3.05, 3.63) is 29.8 Å². The molecule has 0 aliphatic heterocycles. The summed E-state index contributed by atoms with van der Waals surface area (Å²) in [5, 5.41) is 0. The molecule has 1 fully saturated rings. The fourth-order valence-corrected chi connectivity index (χ4v) is 2.81. The maximum Gasteiger partial charge on any atom is 0.254 e. The van der Waals surface area contributed by atoms with Gasteiger partial charge in [0.2, 0.25) is 0 Å². The number of nitrogens with zero attached hydrogens (tertiary/aromatic N) is 1. The van der Waals surface area contributed by atoms with E-state index in [1.165, 1.54) is 0 Å². The number of carbonyl (C=O) groups excluding carboxylic acids is 1. The van der Waals surface area contributed by atoms with Crippen LogP contribution >= 0.6 is 12.2 Å². The van der Waals surface area contributed by atoms with Crippen molar-refractivity contribution < 1.29 is 9.53 Å². The maximum absolute atomic E-state index is 12.7. The van der Waals surface area contributed by atoms with Gasteiger partial charge in [-0.15, -0.1) is 0 Å². The second-order valence-electron chi connectivity index (χ2n) is 5.07. The molecule has 2 rings (SSSR count). The summed E-state index contributed by atoms with van der Waals surface area (Å²) < 4.78 is 5.17. The van der Waals surface area contributed by atoms with Crippen molar-refractivity contribution in [3.63, 3.8) is 0 Å². The van der Waals surface area contributed by atoms with Crippen LogP contribution in [-0.4, -0.2) is 35.5 Å². The minimum atomic E-state index is -0.0244. The molecule has 0 saturated heterocycles. The Morgan fingerprint density at radius 1 is 1.45 bits per heavy atom. The van der Waals surface area contributed by atoms with Crippen molar-refractivity contribution >= 4 is 23.1 Å². The van der Waals surface area contributed by atoms with Crippen LogP contribution in [0.3, 0.4) is 0 Å². The van der Waals surface area contributed by atoms with Crippen molar-refractivity contribution in [2.24, 2.45) is 5.73 Å². The first-order valence-corrected chi connectivity index (χ1v) is 7.26. The summed E-state index contributed by atoms with van der Waals surface area (Å²) in [6, 6.07) is 7.44. The molecule has 0 radical (unpaired) electrons. The van der Waals surface area contributed by atoms with E-state index in [4.69, 9.17) is 22.7 Å². The fourth-order valence-electron chi connectivity index (χ4n) is 2.67. The van der Waals surface area contributed by atoms with Gasteiger partial charge >= 0.3 is 0 Å². The molecule has 0 spiro atoms. The Morgan fingerprint density at radius 2 is 2.15 bits per heavy atom. The summed E-state index contributed by atoms with van der Waals surface area (Å²) in [5.41, 5.74) is 6.26. The highest BCUT2D eigenvalue weighted by Crippen LogP contribution is 2.25. The quantitative estimate of drug-likeness (QED) is 0.847. The topological polar surface area (TPSA) is 55.6 Å². The summed E-state index contributed by atoms with van der Waals surface area (Å²) >= 11 is 4.98. The van der Waals surface area contributed by atoms with Crippen LogP contribution in [0.5, 0.6) is 5.75 Å². The van der Waals surface area contributed by atoms with Crippen molar-refractivity contribution in [1.29, 1.82) is 0 Å². The van der Waals surface area contributed by atoms with Crippen LogP contribution in [0.25, 0.3) is 0 Å². The number of ether oxygens (including phenoxy) is 1. The first-order valence-electron chi connectivity index (χ1n) is 6.85. The summed E-state index contributed by atoms with van der Waals surface area (Å²) in [7, 11) is 1.59. The number of rotatable bonds is 5. The summed E-state index contributed by atoms with van der Waals surface area (Å²) in [6.07, 6.45) is 4.37. The third-order valence-corrected chi connectivity index (χ3v) is 3.80. The molecule has 0 unspecified atom stereocenters. The molecule has 0 bridgehead atoms. The van der Waals surface area contributed by atoms with Crippen LogP contribution in [0.4, 0.5) is 0 Å². The van der Waals surface area contributed by atoms with Crippen LogP contribution in [-0.2, 0) is 0 Å². The van der Waals surface area contributed by atoms with E-state index in [2.05, 4.69) is 0 Å². The Hall–Kier alpha value is -1.62. The average molecular weight is 292 g/mol. The van der Waals surface area contributed by atoms with E-state index >= 15 is 0 Å². The van der Waals surface area contributed by atoms with Crippen molar-refractivity contribution in [3.8, 4) is 5.75 Å². The third-order valence-electron chi connectivity index (χ3n) is 3.67.